The van der Waals surface area contributed by atoms with E-state index in [2.05, 4.69) is 37.8 Å². The maximum absolute atomic E-state index is 9.56. The zero-order valence-corrected chi connectivity index (χ0v) is 14.4. The van der Waals surface area contributed by atoms with E-state index in [1.165, 1.54) is 0 Å². The van der Waals surface area contributed by atoms with Gasteiger partial charge >= 0.3 is 0 Å². The first-order valence-corrected chi connectivity index (χ1v) is 8.68. The molecule has 0 amide bonds. The number of nitrogens with zero attached hydrogens (tertiary/aromatic N) is 3. The van der Waals surface area contributed by atoms with Gasteiger partial charge in [-0.15, -0.1) is 0 Å². The third kappa shape index (κ3) is 2.93. The first kappa shape index (κ1) is 15.9. The maximum Gasteiger partial charge on any atom is 0.250 e. The van der Waals surface area contributed by atoms with Crippen LogP contribution in [0, 0.1) is 18.3 Å². The van der Waals surface area contributed by atoms with Crippen molar-refractivity contribution in [2.45, 2.75) is 6.92 Å². The lowest BCUT2D eigenvalue weighted by molar-refractivity contribution is -0.465. The minimum absolute atomic E-state index is 0.690. The predicted molar refractivity (Wildman–Crippen MR) is 96.7 cm³/mol. The topological polar surface area (TPSA) is 68.2 Å². The highest BCUT2D eigenvalue weighted by Gasteiger charge is 2.20. The van der Waals surface area contributed by atoms with Crippen LogP contribution in [0.2, 0.25) is 0 Å². The number of hydrogen-bond donors (Lipinski definition) is 2. The summed E-state index contributed by atoms with van der Waals surface area (Å²) >= 11 is 0. The highest BCUT2D eigenvalue weighted by molar-refractivity contribution is 5.77. The molecule has 0 saturated carbocycles. The van der Waals surface area contributed by atoms with Crippen LogP contribution in [-0.4, -0.2) is 49.3 Å². The summed E-state index contributed by atoms with van der Waals surface area (Å²) in [4.78, 5) is 5.80. The Hall–Kier alpha value is -2.62. The Balaban J connectivity index is 1.69. The Bertz CT molecular complexity index is 950. The number of para-hydroxylation sites is 2. The van der Waals surface area contributed by atoms with Gasteiger partial charge in [-0.25, -0.2) is 0 Å². The van der Waals surface area contributed by atoms with Crippen LogP contribution in [0.25, 0.3) is 16.7 Å². The molecule has 0 bridgehead atoms. The van der Waals surface area contributed by atoms with Crippen LogP contribution in [0.5, 0.6) is 0 Å². The number of nitrogens with one attached hydrogen (secondary N) is 2. The highest BCUT2D eigenvalue weighted by Crippen LogP contribution is 2.19. The monoisotopic (exact) mass is 336 g/mol. The molecule has 4 rings (SSSR count). The third-order valence-corrected chi connectivity index (χ3v) is 4.80. The van der Waals surface area contributed by atoms with Crippen molar-refractivity contribution >= 4 is 22.5 Å². The van der Waals surface area contributed by atoms with E-state index in [-0.39, 0.29) is 0 Å². The molecule has 2 N–H and O–H groups in total. The van der Waals surface area contributed by atoms with Crippen molar-refractivity contribution in [2.24, 2.45) is 0 Å². The first-order chi connectivity index (χ1) is 12.3. The van der Waals surface area contributed by atoms with Crippen LogP contribution < -0.4 is 9.72 Å². The second kappa shape index (κ2) is 6.71. The van der Waals surface area contributed by atoms with Gasteiger partial charge in [0.25, 0.3) is 0 Å². The molecule has 3 heterocycles. The first-order valence-electron chi connectivity index (χ1n) is 8.68. The van der Waals surface area contributed by atoms with Gasteiger partial charge in [-0.1, -0.05) is 12.1 Å². The van der Waals surface area contributed by atoms with E-state index < -0.39 is 0 Å². The number of aromatic amines is 1. The number of nitriles is 1. The fourth-order valence-electron chi connectivity index (χ4n) is 3.47. The number of morpholine rings is 1. The fraction of sp³-hybridized carbons (Fsp3) is 0.368. The van der Waals surface area contributed by atoms with E-state index in [4.69, 9.17) is 4.74 Å². The van der Waals surface area contributed by atoms with Crippen LogP contribution in [0.1, 0.15) is 11.1 Å². The molecule has 0 spiro atoms. The zero-order valence-electron chi connectivity index (χ0n) is 14.4. The molecule has 1 aromatic carbocycles. The Morgan fingerprint density at radius 1 is 1.32 bits per heavy atom. The molecule has 128 valence electrons. The van der Waals surface area contributed by atoms with E-state index in [0.29, 0.717) is 5.56 Å². The van der Waals surface area contributed by atoms with Crippen LogP contribution in [-0.2, 0) is 4.74 Å². The number of rotatable bonds is 4. The van der Waals surface area contributed by atoms with Crippen LogP contribution >= 0.6 is 0 Å². The summed E-state index contributed by atoms with van der Waals surface area (Å²) in [7, 11) is 0. The lowest BCUT2D eigenvalue weighted by Gasteiger charge is -2.25. The van der Waals surface area contributed by atoms with Crippen molar-refractivity contribution in [3.8, 4) is 6.07 Å². The Morgan fingerprint density at radius 2 is 2.12 bits per heavy atom. The Kier molecular flexibility index (Phi) is 4.26. The zero-order chi connectivity index (χ0) is 17.2. The number of hydrogen-bond acceptors (Lipinski definition) is 4. The van der Waals surface area contributed by atoms with Crippen LogP contribution in [0.15, 0.2) is 30.3 Å². The standard InChI is InChI=1S/C19H21N5O/c1-14-12-18(21-6-7-23-8-10-25-11-9-23)24-17-5-3-2-4-16(17)22-19(24)15(14)13-20/h2-5,12H,6-11H2,1H3,(H,21,22)/p+1. The summed E-state index contributed by atoms with van der Waals surface area (Å²) in [5.41, 5.74) is 4.61. The second-order valence-corrected chi connectivity index (χ2v) is 6.41. The van der Waals surface area contributed by atoms with Crippen molar-refractivity contribution < 1.29 is 9.14 Å². The molecule has 0 aliphatic carbocycles. The number of anilines is 1. The molecule has 1 saturated heterocycles. The number of ether oxygens (including phenoxy) is 1. The normalized spacial score (nSPS) is 15.5. The molecule has 25 heavy (non-hydrogen) atoms. The number of imidazole rings is 1. The minimum Gasteiger partial charge on any atom is -0.379 e. The number of benzene rings is 1. The smallest absolute Gasteiger partial charge is 0.250 e. The maximum atomic E-state index is 9.56. The number of H-pyrrole nitrogens is 1. The van der Waals surface area contributed by atoms with Crippen molar-refractivity contribution in [1.82, 2.24) is 9.88 Å². The number of aryl methyl sites for hydroxylation is 1. The summed E-state index contributed by atoms with van der Waals surface area (Å²) in [6.07, 6.45) is 0. The fourth-order valence-corrected chi connectivity index (χ4v) is 3.47. The van der Waals surface area contributed by atoms with Gasteiger partial charge in [0.1, 0.15) is 22.7 Å². The van der Waals surface area contributed by atoms with Crippen molar-refractivity contribution in [1.29, 1.82) is 5.26 Å². The molecule has 1 fully saturated rings. The molecule has 2 aromatic heterocycles. The average molecular weight is 336 g/mol. The quantitative estimate of drug-likeness (QED) is 0.713. The van der Waals surface area contributed by atoms with Gasteiger partial charge in [-0.05, 0) is 24.6 Å². The average Bonchev–Trinajstić information content (AvgIpc) is 3.02. The molecule has 1 aliphatic heterocycles. The van der Waals surface area contributed by atoms with Crippen molar-refractivity contribution in [2.75, 3.05) is 44.7 Å². The summed E-state index contributed by atoms with van der Waals surface area (Å²) in [6, 6.07) is 12.5. The molecule has 6 nitrogen and oxygen atoms in total. The van der Waals surface area contributed by atoms with Gasteiger partial charge in [0.15, 0.2) is 0 Å². The number of aromatic nitrogens is 2. The molecule has 0 unspecified atom stereocenters. The SMILES string of the molecule is Cc1cc(NCCN2CCOCC2)[n+]2c([nH]c3ccccc32)c1C#N. The Labute approximate surface area is 146 Å². The van der Waals surface area contributed by atoms with Crippen LogP contribution in [0.4, 0.5) is 5.82 Å². The lowest BCUT2D eigenvalue weighted by atomic mass is 10.1. The van der Waals surface area contributed by atoms with Crippen LogP contribution in [0.3, 0.4) is 0 Å². The Morgan fingerprint density at radius 3 is 2.92 bits per heavy atom. The molecule has 3 aromatic rings. The van der Waals surface area contributed by atoms with Gasteiger partial charge in [0.05, 0.1) is 19.8 Å². The van der Waals surface area contributed by atoms with Gasteiger partial charge < -0.3 is 10.1 Å². The molecular formula is C19H22N5O+. The highest BCUT2D eigenvalue weighted by atomic mass is 16.5. The third-order valence-electron chi connectivity index (χ3n) is 4.80. The van der Waals surface area contributed by atoms with E-state index in [9.17, 15) is 5.26 Å². The lowest BCUT2D eigenvalue weighted by Crippen LogP contribution is -2.39. The van der Waals surface area contributed by atoms with E-state index in [0.717, 1.165) is 67.5 Å². The molecule has 0 atom stereocenters. The summed E-state index contributed by atoms with van der Waals surface area (Å²) in [6.45, 7) is 7.43. The van der Waals surface area contributed by atoms with E-state index in [1.54, 1.807) is 0 Å². The molecule has 0 radical (unpaired) electrons. The number of fused-ring (bicyclic) bond motifs is 3. The predicted octanol–water partition coefficient (Wildman–Crippen LogP) is 1.83. The second-order valence-electron chi connectivity index (χ2n) is 6.41. The summed E-state index contributed by atoms with van der Waals surface area (Å²) in [5.74, 6) is 1.01. The summed E-state index contributed by atoms with van der Waals surface area (Å²) in [5, 5.41) is 13.1. The van der Waals surface area contributed by atoms with Gasteiger partial charge in [0.2, 0.25) is 11.5 Å². The molecular weight excluding hydrogens is 314 g/mol. The number of pyridine rings is 1. The van der Waals surface area contributed by atoms with Gasteiger partial charge in [0, 0.05) is 25.7 Å². The molecule has 6 heteroatoms. The van der Waals surface area contributed by atoms with Gasteiger partial charge in [-0.3, -0.25) is 9.88 Å². The minimum atomic E-state index is 0.690. The van der Waals surface area contributed by atoms with E-state index >= 15 is 0 Å². The van der Waals surface area contributed by atoms with Gasteiger partial charge in [-0.2, -0.15) is 9.66 Å². The van der Waals surface area contributed by atoms with Crippen molar-refractivity contribution in [3.05, 3.63) is 41.5 Å². The largest absolute Gasteiger partial charge is 0.379 e. The molecule has 1 aliphatic rings. The summed E-state index contributed by atoms with van der Waals surface area (Å²) < 4.78 is 7.51. The van der Waals surface area contributed by atoms with Crippen molar-refractivity contribution in [3.63, 3.8) is 0 Å². The van der Waals surface area contributed by atoms with E-state index in [1.807, 2.05) is 25.1 Å².